The predicted octanol–water partition coefficient (Wildman–Crippen LogP) is 2.07. The van der Waals surface area contributed by atoms with E-state index in [0.717, 1.165) is 38.4 Å². The highest BCUT2D eigenvalue weighted by Crippen LogP contribution is 2.37. The molecule has 0 saturated carbocycles. The zero-order valence-corrected chi connectivity index (χ0v) is 11.3. The lowest BCUT2D eigenvalue weighted by atomic mass is 9.78. The van der Waals surface area contributed by atoms with E-state index in [2.05, 4.69) is 5.32 Å². The van der Waals surface area contributed by atoms with E-state index in [0.29, 0.717) is 18.7 Å². The highest BCUT2D eigenvalue weighted by atomic mass is 19.2. The molecule has 1 amide bonds. The average Bonchev–Trinajstić information content (AvgIpc) is 2.89. The molecule has 2 aliphatic heterocycles. The number of carbonyl (C=O) groups excluding carboxylic acids is 1. The van der Waals surface area contributed by atoms with Gasteiger partial charge in [-0.3, -0.25) is 4.79 Å². The lowest BCUT2D eigenvalue weighted by Crippen LogP contribution is -2.49. The largest absolute Gasteiger partial charge is 0.338 e. The number of amides is 1. The third-order valence-corrected chi connectivity index (χ3v) is 4.43. The molecule has 3 nitrogen and oxygen atoms in total. The molecule has 0 aromatic heterocycles. The van der Waals surface area contributed by atoms with Crippen molar-refractivity contribution in [2.45, 2.75) is 25.8 Å². The summed E-state index contributed by atoms with van der Waals surface area (Å²) in [5.74, 6) is -1.56. The molecule has 1 atom stereocenters. The van der Waals surface area contributed by atoms with E-state index >= 15 is 0 Å². The molecule has 0 bridgehead atoms. The van der Waals surface area contributed by atoms with Crippen molar-refractivity contribution in [1.29, 1.82) is 0 Å². The zero-order chi connectivity index (χ0) is 14.2. The van der Waals surface area contributed by atoms with Gasteiger partial charge in [0.2, 0.25) is 5.91 Å². The third-order valence-electron chi connectivity index (χ3n) is 4.43. The Labute approximate surface area is 117 Å². The van der Waals surface area contributed by atoms with Crippen molar-refractivity contribution >= 4 is 5.91 Å². The summed E-state index contributed by atoms with van der Waals surface area (Å²) in [4.78, 5) is 14.4. The van der Waals surface area contributed by atoms with Gasteiger partial charge in [0, 0.05) is 19.6 Å². The zero-order valence-electron chi connectivity index (χ0n) is 11.3. The van der Waals surface area contributed by atoms with Crippen LogP contribution in [-0.2, 0) is 11.3 Å². The van der Waals surface area contributed by atoms with Gasteiger partial charge in [0.05, 0.1) is 5.41 Å². The maximum atomic E-state index is 13.2. The number of hydrogen-bond donors (Lipinski definition) is 1. The van der Waals surface area contributed by atoms with Crippen LogP contribution in [-0.4, -0.2) is 30.4 Å². The number of rotatable bonds is 2. The normalized spacial score (nSPS) is 26.5. The van der Waals surface area contributed by atoms with Gasteiger partial charge >= 0.3 is 0 Å². The second-order valence-corrected chi connectivity index (χ2v) is 5.79. The Kier molecular flexibility index (Phi) is 3.46. The van der Waals surface area contributed by atoms with E-state index in [4.69, 9.17) is 0 Å². The van der Waals surface area contributed by atoms with Crippen molar-refractivity contribution in [1.82, 2.24) is 10.2 Å². The number of nitrogens with one attached hydrogen (secondary N) is 1. The third kappa shape index (κ3) is 2.30. The molecule has 1 N–H and O–H groups in total. The van der Waals surface area contributed by atoms with Crippen LogP contribution < -0.4 is 5.32 Å². The summed E-state index contributed by atoms with van der Waals surface area (Å²) in [6.45, 7) is 2.67. The molecule has 3 rings (SSSR count). The summed E-state index contributed by atoms with van der Waals surface area (Å²) < 4.78 is 26.2. The highest BCUT2D eigenvalue weighted by molar-refractivity contribution is 5.84. The summed E-state index contributed by atoms with van der Waals surface area (Å²) in [5, 5.41) is 3.26. The fourth-order valence-corrected chi connectivity index (χ4v) is 3.30. The van der Waals surface area contributed by atoms with Crippen molar-refractivity contribution < 1.29 is 13.6 Å². The molecule has 2 fully saturated rings. The van der Waals surface area contributed by atoms with E-state index in [9.17, 15) is 13.6 Å². The minimum atomic E-state index is -0.857. The molecule has 2 saturated heterocycles. The van der Waals surface area contributed by atoms with Crippen LogP contribution in [0.15, 0.2) is 18.2 Å². The van der Waals surface area contributed by atoms with Gasteiger partial charge in [-0.2, -0.15) is 0 Å². The Morgan fingerprint density at radius 3 is 2.80 bits per heavy atom. The van der Waals surface area contributed by atoms with Crippen LogP contribution in [0.4, 0.5) is 8.78 Å². The van der Waals surface area contributed by atoms with Crippen molar-refractivity contribution in [3.8, 4) is 0 Å². The first-order valence-corrected chi connectivity index (χ1v) is 7.05. The number of benzene rings is 1. The van der Waals surface area contributed by atoms with E-state index < -0.39 is 11.6 Å². The molecule has 1 aromatic carbocycles. The maximum absolute atomic E-state index is 13.2. The molecule has 1 spiro atoms. The SMILES string of the molecule is O=C1N(Cc2ccc(F)c(F)c2)CCC[C@@]12CCNC2. The predicted molar refractivity (Wildman–Crippen MR) is 70.9 cm³/mol. The Hall–Kier alpha value is -1.49. The summed E-state index contributed by atoms with van der Waals surface area (Å²) in [6, 6.07) is 3.84. The lowest BCUT2D eigenvalue weighted by molar-refractivity contribution is -0.145. The average molecular weight is 280 g/mol. The van der Waals surface area contributed by atoms with E-state index in [1.807, 2.05) is 0 Å². The molecule has 0 unspecified atom stereocenters. The molecule has 0 radical (unpaired) electrons. The molecule has 20 heavy (non-hydrogen) atoms. The topological polar surface area (TPSA) is 32.3 Å². The van der Waals surface area contributed by atoms with Gasteiger partial charge in [-0.1, -0.05) is 6.07 Å². The van der Waals surface area contributed by atoms with Crippen molar-refractivity contribution in [3.63, 3.8) is 0 Å². The summed E-state index contributed by atoms with van der Waals surface area (Å²) >= 11 is 0. The second kappa shape index (κ2) is 5.13. The van der Waals surface area contributed by atoms with Crippen molar-refractivity contribution in [2.24, 2.45) is 5.41 Å². The quantitative estimate of drug-likeness (QED) is 0.899. The van der Waals surface area contributed by atoms with E-state index in [-0.39, 0.29) is 11.3 Å². The minimum absolute atomic E-state index is 0.151. The molecular formula is C15H18F2N2O. The van der Waals surface area contributed by atoms with E-state index in [1.54, 1.807) is 11.0 Å². The second-order valence-electron chi connectivity index (χ2n) is 5.79. The summed E-state index contributed by atoms with van der Waals surface area (Å²) in [6.07, 6.45) is 2.77. The van der Waals surface area contributed by atoms with E-state index in [1.165, 1.54) is 6.07 Å². The monoisotopic (exact) mass is 280 g/mol. The van der Waals surface area contributed by atoms with Crippen LogP contribution in [0, 0.1) is 17.0 Å². The Morgan fingerprint density at radius 1 is 1.25 bits per heavy atom. The molecule has 108 valence electrons. The van der Waals surface area contributed by atoms with Gasteiger partial charge in [0.25, 0.3) is 0 Å². The van der Waals surface area contributed by atoms with Gasteiger partial charge in [-0.05, 0) is 43.5 Å². The van der Waals surface area contributed by atoms with Crippen LogP contribution in [0.5, 0.6) is 0 Å². The van der Waals surface area contributed by atoms with Crippen molar-refractivity contribution in [2.75, 3.05) is 19.6 Å². The number of piperidine rings is 1. The molecule has 1 aromatic rings. The van der Waals surface area contributed by atoms with Gasteiger partial charge < -0.3 is 10.2 Å². The van der Waals surface area contributed by atoms with Gasteiger partial charge in [-0.25, -0.2) is 8.78 Å². The Balaban J connectivity index is 1.76. The van der Waals surface area contributed by atoms with Crippen LogP contribution in [0.25, 0.3) is 0 Å². The van der Waals surface area contributed by atoms with Crippen LogP contribution in [0.1, 0.15) is 24.8 Å². The van der Waals surface area contributed by atoms with Crippen LogP contribution >= 0.6 is 0 Å². The molecule has 2 aliphatic rings. The molecule has 2 heterocycles. The first kappa shape index (κ1) is 13.5. The Bertz CT molecular complexity index is 527. The smallest absolute Gasteiger partial charge is 0.230 e. The van der Waals surface area contributed by atoms with Gasteiger partial charge in [-0.15, -0.1) is 0 Å². The fraction of sp³-hybridized carbons (Fsp3) is 0.533. The molecular weight excluding hydrogens is 262 g/mol. The molecule has 0 aliphatic carbocycles. The minimum Gasteiger partial charge on any atom is -0.338 e. The first-order valence-electron chi connectivity index (χ1n) is 7.05. The number of carbonyl (C=O) groups is 1. The van der Waals surface area contributed by atoms with Crippen LogP contribution in [0.3, 0.4) is 0 Å². The highest BCUT2D eigenvalue weighted by Gasteiger charge is 2.45. The standard InChI is InChI=1S/C15H18F2N2O/c16-12-3-2-11(8-13(12)17)9-19-7-1-4-15(14(19)20)5-6-18-10-15/h2-3,8,18H,1,4-7,9-10H2/t15-/m0/s1. The Morgan fingerprint density at radius 2 is 2.10 bits per heavy atom. The van der Waals surface area contributed by atoms with Gasteiger partial charge in [0.1, 0.15) is 0 Å². The maximum Gasteiger partial charge on any atom is 0.230 e. The van der Waals surface area contributed by atoms with Crippen LogP contribution in [0.2, 0.25) is 0 Å². The number of hydrogen-bond acceptors (Lipinski definition) is 2. The first-order chi connectivity index (χ1) is 9.61. The number of likely N-dealkylation sites (tertiary alicyclic amines) is 1. The lowest BCUT2D eigenvalue weighted by Gasteiger charge is -2.39. The number of halogens is 2. The number of nitrogens with zero attached hydrogens (tertiary/aromatic N) is 1. The fourth-order valence-electron chi connectivity index (χ4n) is 3.30. The summed E-state index contributed by atoms with van der Waals surface area (Å²) in [5.41, 5.74) is 0.372. The molecule has 5 heteroatoms. The summed E-state index contributed by atoms with van der Waals surface area (Å²) in [7, 11) is 0. The van der Waals surface area contributed by atoms with Crippen molar-refractivity contribution in [3.05, 3.63) is 35.4 Å². The van der Waals surface area contributed by atoms with Gasteiger partial charge in [0.15, 0.2) is 11.6 Å².